The Labute approximate surface area is 138 Å². The molecule has 2 aromatic carbocycles. The number of carbonyl (C=O) groups excluding carboxylic acids is 1. The van der Waals surface area contributed by atoms with Crippen LogP contribution in [-0.2, 0) is 6.18 Å². The van der Waals surface area contributed by atoms with Gasteiger partial charge in [0.1, 0.15) is 0 Å². The number of halogens is 5. The Kier molecular flexibility index (Phi) is 3.86. The Morgan fingerprint density at radius 2 is 1.70 bits per heavy atom. The van der Waals surface area contributed by atoms with Crippen LogP contribution in [0.1, 0.15) is 15.9 Å². The lowest BCUT2D eigenvalue weighted by molar-refractivity contribution is -0.137. The molecular formula is C16H8Cl2F3NO. The molecule has 0 aliphatic carbocycles. The van der Waals surface area contributed by atoms with Gasteiger partial charge < -0.3 is 4.98 Å². The number of benzene rings is 2. The van der Waals surface area contributed by atoms with Gasteiger partial charge in [0, 0.05) is 21.5 Å². The van der Waals surface area contributed by atoms with Crippen molar-refractivity contribution in [2.45, 2.75) is 6.18 Å². The number of nitrogens with one attached hydrogen (secondary N) is 1. The fourth-order valence-electron chi connectivity index (χ4n) is 2.44. The molecule has 0 aliphatic heterocycles. The van der Waals surface area contributed by atoms with E-state index in [-0.39, 0.29) is 5.56 Å². The number of aromatic nitrogens is 1. The van der Waals surface area contributed by atoms with Crippen LogP contribution in [0.25, 0.3) is 22.2 Å². The van der Waals surface area contributed by atoms with E-state index in [0.717, 1.165) is 12.1 Å². The molecule has 7 heteroatoms. The topological polar surface area (TPSA) is 32.9 Å². The first-order valence-electron chi connectivity index (χ1n) is 6.45. The summed E-state index contributed by atoms with van der Waals surface area (Å²) in [5, 5.41) is 1.17. The second-order valence-electron chi connectivity index (χ2n) is 4.92. The van der Waals surface area contributed by atoms with E-state index in [1.165, 1.54) is 18.2 Å². The molecule has 23 heavy (non-hydrogen) atoms. The molecule has 0 bridgehead atoms. The van der Waals surface area contributed by atoms with Gasteiger partial charge in [0.25, 0.3) is 0 Å². The van der Waals surface area contributed by atoms with Crippen molar-refractivity contribution >= 4 is 40.4 Å². The first-order chi connectivity index (χ1) is 10.8. The van der Waals surface area contributed by atoms with Crippen molar-refractivity contribution in [1.29, 1.82) is 0 Å². The number of carbonyl (C=O) groups is 1. The van der Waals surface area contributed by atoms with E-state index in [4.69, 9.17) is 23.2 Å². The third-order valence-corrected chi connectivity index (χ3v) is 3.99. The van der Waals surface area contributed by atoms with Gasteiger partial charge in [-0.25, -0.2) is 0 Å². The molecule has 1 heterocycles. The smallest absolute Gasteiger partial charge is 0.354 e. The standard InChI is InChI=1S/C16H8Cl2F3NO/c17-10-5-12(18)14-11(7-23)15(22-13(14)6-10)8-1-3-9(4-2-8)16(19,20)21/h1-7,22H. The largest absolute Gasteiger partial charge is 0.416 e. The lowest BCUT2D eigenvalue weighted by Gasteiger charge is -2.07. The number of H-pyrrole nitrogens is 1. The van der Waals surface area contributed by atoms with Crippen molar-refractivity contribution in [2.24, 2.45) is 0 Å². The highest BCUT2D eigenvalue weighted by Crippen LogP contribution is 2.36. The van der Waals surface area contributed by atoms with Gasteiger partial charge in [-0.1, -0.05) is 35.3 Å². The predicted molar refractivity (Wildman–Crippen MR) is 84.1 cm³/mol. The van der Waals surface area contributed by atoms with Crippen LogP contribution >= 0.6 is 23.2 Å². The fraction of sp³-hybridized carbons (Fsp3) is 0.0625. The molecule has 1 aromatic heterocycles. The Morgan fingerprint density at radius 1 is 1.04 bits per heavy atom. The van der Waals surface area contributed by atoms with Crippen molar-refractivity contribution in [3.63, 3.8) is 0 Å². The maximum atomic E-state index is 12.6. The van der Waals surface area contributed by atoms with E-state index in [2.05, 4.69) is 4.98 Å². The maximum absolute atomic E-state index is 12.6. The summed E-state index contributed by atoms with van der Waals surface area (Å²) in [4.78, 5) is 14.4. The molecule has 0 amide bonds. The number of rotatable bonds is 2. The molecule has 0 spiro atoms. The van der Waals surface area contributed by atoms with Crippen LogP contribution < -0.4 is 0 Å². The second kappa shape index (κ2) is 5.58. The number of alkyl halides is 3. The monoisotopic (exact) mass is 357 g/mol. The average molecular weight is 358 g/mol. The Hall–Kier alpha value is -1.98. The van der Waals surface area contributed by atoms with E-state index >= 15 is 0 Å². The van der Waals surface area contributed by atoms with Crippen LogP contribution in [0.5, 0.6) is 0 Å². The van der Waals surface area contributed by atoms with Crippen molar-refractivity contribution < 1.29 is 18.0 Å². The van der Waals surface area contributed by atoms with Gasteiger partial charge >= 0.3 is 6.18 Å². The van der Waals surface area contributed by atoms with Crippen molar-refractivity contribution in [3.05, 3.63) is 57.6 Å². The molecule has 3 aromatic rings. The van der Waals surface area contributed by atoms with E-state index in [9.17, 15) is 18.0 Å². The summed E-state index contributed by atoms with van der Waals surface area (Å²) in [6, 6.07) is 7.63. The highest BCUT2D eigenvalue weighted by molar-refractivity contribution is 6.39. The minimum atomic E-state index is -4.41. The molecule has 0 fully saturated rings. The van der Waals surface area contributed by atoms with Crippen LogP contribution in [0, 0.1) is 0 Å². The van der Waals surface area contributed by atoms with Gasteiger partial charge in [0.15, 0.2) is 6.29 Å². The minimum absolute atomic E-state index is 0.279. The molecule has 0 atom stereocenters. The number of fused-ring (bicyclic) bond motifs is 1. The summed E-state index contributed by atoms with van der Waals surface area (Å²) in [6.07, 6.45) is -3.80. The lowest BCUT2D eigenvalue weighted by Crippen LogP contribution is -2.04. The second-order valence-corrected chi connectivity index (χ2v) is 5.76. The number of aromatic amines is 1. The lowest BCUT2D eigenvalue weighted by atomic mass is 10.0. The third kappa shape index (κ3) is 2.82. The molecule has 0 aliphatic rings. The number of hydrogen-bond acceptors (Lipinski definition) is 1. The molecule has 0 saturated heterocycles. The minimum Gasteiger partial charge on any atom is -0.354 e. The molecule has 118 valence electrons. The molecule has 3 rings (SSSR count). The van der Waals surface area contributed by atoms with E-state index in [0.29, 0.717) is 38.5 Å². The zero-order valence-electron chi connectivity index (χ0n) is 11.3. The first-order valence-corrected chi connectivity index (χ1v) is 7.20. The first kappa shape index (κ1) is 15.9. The summed E-state index contributed by atoms with van der Waals surface area (Å²) in [5.41, 5.74) is 0.906. The Balaban J connectivity index is 2.20. The molecule has 2 nitrogen and oxygen atoms in total. The molecule has 0 unspecified atom stereocenters. The van der Waals surface area contributed by atoms with Crippen LogP contribution in [0.3, 0.4) is 0 Å². The van der Waals surface area contributed by atoms with E-state index < -0.39 is 11.7 Å². The molecule has 1 N–H and O–H groups in total. The van der Waals surface area contributed by atoms with E-state index in [1.807, 2.05) is 0 Å². The van der Waals surface area contributed by atoms with Gasteiger partial charge in [-0.05, 0) is 29.8 Å². The predicted octanol–water partition coefficient (Wildman–Crippen LogP) is 5.97. The molecular weight excluding hydrogens is 350 g/mol. The Bertz CT molecular complexity index is 898. The Morgan fingerprint density at radius 3 is 2.26 bits per heavy atom. The van der Waals surface area contributed by atoms with Crippen LogP contribution in [0.2, 0.25) is 10.0 Å². The van der Waals surface area contributed by atoms with Gasteiger partial charge in [0.05, 0.1) is 16.3 Å². The summed E-state index contributed by atoms with van der Waals surface area (Å²) in [6.45, 7) is 0. The zero-order valence-corrected chi connectivity index (χ0v) is 12.9. The number of aldehydes is 1. The summed E-state index contributed by atoms with van der Waals surface area (Å²) < 4.78 is 37.9. The van der Waals surface area contributed by atoms with Gasteiger partial charge in [0.2, 0.25) is 0 Å². The maximum Gasteiger partial charge on any atom is 0.416 e. The summed E-state index contributed by atoms with van der Waals surface area (Å²) >= 11 is 12.0. The van der Waals surface area contributed by atoms with Crippen molar-refractivity contribution in [1.82, 2.24) is 4.98 Å². The quantitative estimate of drug-likeness (QED) is 0.562. The van der Waals surface area contributed by atoms with Crippen LogP contribution in [0.4, 0.5) is 13.2 Å². The van der Waals surface area contributed by atoms with E-state index in [1.54, 1.807) is 6.07 Å². The average Bonchev–Trinajstić information content (AvgIpc) is 2.85. The zero-order chi connectivity index (χ0) is 16.8. The molecule has 0 saturated carbocycles. The van der Waals surface area contributed by atoms with Gasteiger partial charge in [-0.3, -0.25) is 4.79 Å². The third-order valence-electron chi connectivity index (χ3n) is 3.47. The summed E-state index contributed by atoms with van der Waals surface area (Å²) in [7, 11) is 0. The normalized spacial score (nSPS) is 11.9. The fourth-order valence-corrected chi connectivity index (χ4v) is 3.04. The highest BCUT2D eigenvalue weighted by atomic mass is 35.5. The van der Waals surface area contributed by atoms with Crippen molar-refractivity contribution in [2.75, 3.05) is 0 Å². The summed E-state index contributed by atoms with van der Waals surface area (Å²) in [5.74, 6) is 0. The van der Waals surface area contributed by atoms with Gasteiger partial charge in [-0.15, -0.1) is 0 Å². The molecule has 0 radical (unpaired) electrons. The highest BCUT2D eigenvalue weighted by Gasteiger charge is 2.30. The SMILES string of the molecule is O=Cc1c(-c2ccc(C(F)(F)F)cc2)[nH]c2cc(Cl)cc(Cl)c12. The van der Waals surface area contributed by atoms with Crippen molar-refractivity contribution in [3.8, 4) is 11.3 Å². The van der Waals surface area contributed by atoms with Gasteiger partial charge in [-0.2, -0.15) is 13.2 Å². The van der Waals surface area contributed by atoms with Crippen LogP contribution in [0.15, 0.2) is 36.4 Å². The van der Waals surface area contributed by atoms with Crippen LogP contribution in [-0.4, -0.2) is 11.3 Å². The number of hydrogen-bond donors (Lipinski definition) is 1.